The van der Waals surface area contributed by atoms with Gasteiger partial charge in [-0.2, -0.15) is 0 Å². The highest BCUT2D eigenvalue weighted by Gasteiger charge is 2.54. The number of rotatable bonds is 9. The van der Waals surface area contributed by atoms with Gasteiger partial charge < -0.3 is 42.6 Å². The molecule has 2 aliphatic rings. The minimum absolute atomic E-state index is 0.412. The summed E-state index contributed by atoms with van der Waals surface area (Å²) >= 11 is 3.24. The molecule has 0 aromatic heterocycles. The van der Waals surface area contributed by atoms with Crippen LogP contribution in [0.4, 0.5) is 0 Å². The van der Waals surface area contributed by atoms with E-state index < -0.39 is 103 Å². The summed E-state index contributed by atoms with van der Waals surface area (Å²) in [4.78, 5) is 71.0. The normalized spacial score (nSPS) is 33.6. The molecule has 0 amide bonds. The third kappa shape index (κ3) is 9.38. The Balaban J connectivity index is 2.38. The highest BCUT2D eigenvalue weighted by Crippen LogP contribution is 2.34. The molecule has 40 heavy (non-hydrogen) atoms. The van der Waals surface area contributed by atoms with E-state index in [4.69, 9.17) is 42.6 Å². The van der Waals surface area contributed by atoms with Crippen LogP contribution in [-0.2, 0) is 71.4 Å². The van der Waals surface area contributed by atoms with Gasteiger partial charge in [-0.1, -0.05) is 15.9 Å². The maximum Gasteiger partial charge on any atom is 0.303 e. The Morgan fingerprint density at radius 1 is 0.550 bits per heavy atom. The Hall–Kier alpha value is -2.82. The van der Waals surface area contributed by atoms with Gasteiger partial charge in [-0.25, -0.2) is 0 Å². The Morgan fingerprint density at radius 2 is 0.925 bits per heavy atom. The second kappa shape index (κ2) is 14.7. The molecule has 10 atom stereocenters. The van der Waals surface area contributed by atoms with Gasteiger partial charge in [-0.15, -0.1) is 0 Å². The summed E-state index contributed by atoms with van der Waals surface area (Å²) in [6, 6.07) is 0. The minimum Gasteiger partial charge on any atom is -0.456 e. The van der Waals surface area contributed by atoms with Gasteiger partial charge in [-0.3, -0.25) is 28.8 Å². The number of hydrogen-bond acceptors (Lipinski definition) is 15. The number of esters is 6. The lowest BCUT2D eigenvalue weighted by molar-refractivity contribution is -0.311. The van der Waals surface area contributed by atoms with E-state index in [0.29, 0.717) is 0 Å². The molecule has 0 saturated carbocycles. The predicted molar refractivity (Wildman–Crippen MR) is 131 cm³/mol. The van der Waals surface area contributed by atoms with Crippen molar-refractivity contribution in [1.82, 2.24) is 0 Å². The van der Waals surface area contributed by atoms with Crippen molar-refractivity contribution >= 4 is 51.7 Å². The zero-order valence-corrected chi connectivity index (χ0v) is 24.6. The standard InChI is InChI=1S/C24H33BrO15/c1-9-17(34-10(2)26)19(36-12(4)28)22(39-15(7)31)24(33-9)32-8-16-18(35-11(3)27)20(37-13(5)29)21(23(25)40-16)38-14(6)30/h9,16-24H,8H2,1-7H3/t9-,16+,17-,18+,19+,20-,21+,22+,23-,24+/m0/s1. The molecule has 0 spiro atoms. The second-order valence-corrected chi connectivity index (χ2v) is 9.92. The first-order chi connectivity index (χ1) is 18.6. The van der Waals surface area contributed by atoms with E-state index in [1.54, 1.807) is 0 Å². The molecule has 2 aliphatic heterocycles. The van der Waals surface area contributed by atoms with Crippen molar-refractivity contribution in [2.75, 3.05) is 6.61 Å². The Bertz CT molecular complexity index is 894. The average molecular weight is 641 g/mol. The summed E-state index contributed by atoms with van der Waals surface area (Å²) < 4.78 is 49.5. The van der Waals surface area contributed by atoms with Crippen LogP contribution in [-0.4, -0.2) is 103 Å². The van der Waals surface area contributed by atoms with E-state index in [2.05, 4.69) is 15.9 Å². The molecule has 0 radical (unpaired) electrons. The zero-order chi connectivity index (χ0) is 30.3. The Labute approximate surface area is 238 Å². The molecular weight excluding hydrogens is 608 g/mol. The number of hydrogen-bond donors (Lipinski definition) is 0. The topological polar surface area (TPSA) is 185 Å². The van der Waals surface area contributed by atoms with Gasteiger partial charge in [0.05, 0.1) is 12.7 Å². The maximum atomic E-state index is 11.9. The van der Waals surface area contributed by atoms with Crippen LogP contribution in [0.25, 0.3) is 0 Å². The van der Waals surface area contributed by atoms with Crippen molar-refractivity contribution in [2.45, 2.75) is 109 Å². The van der Waals surface area contributed by atoms with Gasteiger partial charge in [0.1, 0.15) is 6.10 Å². The first-order valence-corrected chi connectivity index (χ1v) is 13.1. The summed E-state index contributed by atoms with van der Waals surface area (Å²) in [6.07, 6.45) is -11.1. The molecule has 2 heterocycles. The molecule has 16 heteroatoms. The predicted octanol–water partition coefficient (Wildman–Crippen LogP) is 0.458. The Morgan fingerprint density at radius 3 is 1.40 bits per heavy atom. The van der Waals surface area contributed by atoms with Crippen LogP contribution in [0, 0.1) is 0 Å². The summed E-state index contributed by atoms with van der Waals surface area (Å²) in [6.45, 7) is 7.87. The van der Waals surface area contributed by atoms with Crippen LogP contribution in [0.15, 0.2) is 0 Å². The van der Waals surface area contributed by atoms with Gasteiger partial charge >= 0.3 is 35.8 Å². The first kappa shape index (κ1) is 33.4. The fourth-order valence-corrected chi connectivity index (χ4v) is 4.96. The summed E-state index contributed by atoms with van der Waals surface area (Å²) in [5, 5.41) is -1.03. The lowest BCUT2D eigenvalue weighted by atomic mass is 9.98. The molecule has 0 aliphatic carbocycles. The first-order valence-electron chi connectivity index (χ1n) is 12.2. The minimum atomic E-state index is -1.39. The monoisotopic (exact) mass is 640 g/mol. The van der Waals surface area contributed by atoms with Gasteiger partial charge in [0.2, 0.25) is 0 Å². The Kier molecular flexibility index (Phi) is 12.3. The van der Waals surface area contributed by atoms with E-state index in [-0.39, 0.29) is 0 Å². The van der Waals surface area contributed by atoms with Crippen LogP contribution in [0.3, 0.4) is 0 Å². The van der Waals surface area contributed by atoms with Crippen molar-refractivity contribution in [1.29, 1.82) is 0 Å². The quantitative estimate of drug-likeness (QED) is 0.192. The number of ether oxygens (including phenoxy) is 9. The van der Waals surface area contributed by atoms with Gasteiger partial charge in [-0.05, 0) is 6.92 Å². The third-order valence-electron chi connectivity index (χ3n) is 5.54. The van der Waals surface area contributed by atoms with Crippen LogP contribution >= 0.6 is 15.9 Å². The van der Waals surface area contributed by atoms with E-state index in [9.17, 15) is 28.8 Å². The van der Waals surface area contributed by atoms with Crippen molar-refractivity contribution in [3.05, 3.63) is 0 Å². The van der Waals surface area contributed by atoms with Crippen molar-refractivity contribution in [3.63, 3.8) is 0 Å². The molecule has 0 aromatic carbocycles. The highest BCUT2D eigenvalue weighted by atomic mass is 79.9. The molecular formula is C24H33BrO15. The number of alkyl halides is 1. The van der Waals surface area contributed by atoms with Gasteiger partial charge in [0.25, 0.3) is 0 Å². The highest BCUT2D eigenvalue weighted by molar-refractivity contribution is 9.09. The molecule has 2 saturated heterocycles. The molecule has 0 N–H and O–H groups in total. The van der Waals surface area contributed by atoms with E-state index in [0.717, 1.165) is 41.5 Å². The average Bonchev–Trinajstić information content (AvgIpc) is 2.79. The van der Waals surface area contributed by atoms with Crippen LogP contribution in [0.1, 0.15) is 48.5 Å². The molecule has 0 unspecified atom stereocenters. The molecule has 226 valence electrons. The largest absolute Gasteiger partial charge is 0.456 e. The number of halogens is 1. The molecule has 2 fully saturated rings. The molecule has 15 nitrogen and oxygen atoms in total. The zero-order valence-electron chi connectivity index (χ0n) is 23.0. The van der Waals surface area contributed by atoms with Crippen LogP contribution < -0.4 is 0 Å². The van der Waals surface area contributed by atoms with E-state index in [1.807, 2.05) is 0 Å². The number of carbonyl (C=O) groups is 6. The summed E-state index contributed by atoms with van der Waals surface area (Å²) in [5.41, 5.74) is 0. The second-order valence-electron chi connectivity index (χ2n) is 9.01. The maximum absolute atomic E-state index is 11.9. The number of carbonyl (C=O) groups excluding carboxylic acids is 6. The SMILES string of the molecule is CC(=O)O[C@@H]1[C@@H](OC(C)=O)[C@H](C)O[C@@H](OC[C@H]2O[C@H](Br)[C@H](OC(C)=O)[C@@H](OC(C)=O)[C@@H]2OC(C)=O)[C@@H]1OC(C)=O. The van der Waals surface area contributed by atoms with Gasteiger partial charge in [0.15, 0.2) is 47.9 Å². The molecule has 2 rings (SSSR count). The van der Waals surface area contributed by atoms with Gasteiger partial charge in [0, 0.05) is 41.5 Å². The van der Waals surface area contributed by atoms with E-state index >= 15 is 0 Å². The van der Waals surface area contributed by atoms with Crippen molar-refractivity contribution in [2.24, 2.45) is 0 Å². The molecule has 0 aromatic rings. The van der Waals surface area contributed by atoms with Crippen LogP contribution in [0.2, 0.25) is 0 Å². The fraction of sp³-hybridized carbons (Fsp3) is 0.750. The van der Waals surface area contributed by atoms with Crippen LogP contribution in [0.5, 0.6) is 0 Å². The smallest absolute Gasteiger partial charge is 0.303 e. The van der Waals surface area contributed by atoms with Crippen molar-refractivity contribution < 1.29 is 71.4 Å². The summed E-state index contributed by atoms with van der Waals surface area (Å²) in [5.74, 6) is -4.44. The lowest BCUT2D eigenvalue weighted by Crippen LogP contribution is -2.63. The fourth-order valence-electron chi connectivity index (χ4n) is 4.27. The lowest BCUT2D eigenvalue weighted by Gasteiger charge is -2.45. The third-order valence-corrected chi connectivity index (χ3v) is 6.28. The van der Waals surface area contributed by atoms with Crippen molar-refractivity contribution in [3.8, 4) is 0 Å². The molecule has 0 bridgehead atoms. The van der Waals surface area contributed by atoms with E-state index in [1.165, 1.54) is 6.92 Å². The summed E-state index contributed by atoms with van der Waals surface area (Å²) in [7, 11) is 0.